The molecule has 3 nitrogen and oxygen atoms in total. The van der Waals surface area contributed by atoms with Crippen molar-refractivity contribution in [3.05, 3.63) is 49.3 Å². The fourth-order valence-electron chi connectivity index (χ4n) is 2.05. The lowest BCUT2D eigenvalue weighted by molar-refractivity contribution is 0.631. The van der Waals surface area contributed by atoms with Crippen LogP contribution in [0.5, 0.6) is 0 Å². The third kappa shape index (κ3) is 3.30. The third-order valence-corrected chi connectivity index (χ3v) is 4.03. The smallest absolute Gasteiger partial charge is 0.265 e. The van der Waals surface area contributed by atoms with Crippen molar-refractivity contribution in [2.24, 2.45) is 5.92 Å². The predicted octanol–water partition coefficient (Wildman–Crippen LogP) is 4.36. The van der Waals surface area contributed by atoms with E-state index >= 15 is 0 Å². The Morgan fingerprint density at radius 1 is 1.40 bits per heavy atom. The number of halogens is 2. The number of H-pyrrole nitrogens is 1. The van der Waals surface area contributed by atoms with Gasteiger partial charge in [-0.25, -0.2) is 4.98 Å². The molecule has 0 bridgehead atoms. The highest BCUT2D eigenvalue weighted by Crippen LogP contribution is 2.24. The maximum Gasteiger partial charge on any atom is 0.265 e. The van der Waals surface area contributed by atoms with Crippen LogP contribution in [0.25, 0.3) is 11.4 Å². The van der Waals surface area contributed by atoms with Crippen molar-refractivity contribution in [3.63, 3.8) is 0 Å². The van der Waals surface area contributed by atoms with Gasteiger partial charge in [0.25, 0.3) is 5.56 Å². The van der Waals surface area contributed by atoms with Crippen LogP contribution in [0, 0.1) is 12.8 Å². The highest BCUT2D eigenvalue weighted by atomic mass is 79.9. The van der Waals surface area contributed by atoms with Gasteiger partial charge in [-0.3, -0.25) is 4.79 Å². The predicted molar refractivity (Wildman–Crippen MR) is 86.3 cm³/mol. The molecular weight excluding hydrogens is 340 g/mol. The van der Waals surface area contributed by atoms with Crippen LogP contribution in [0.15, 0.2) is 27.5 Å². The zero-order chi connectivity index (χ0) is 14.9. The van der Waals surface area contributed by atoms with Gasteiger partial charge in [0.2, 0.25) is 0 Å². The summed E-state index contributed by atoms with van der Waals surface area (Å²) in [5.74, 6) is 1.02. The van der Waals surface area contributed by atoms with Crippen molar-refractivity contribution >= 4 is 27.5 Å². The second kappa shape index (κ2) is 6.10. The zero-order valence-electron chi connectivity index (χ0n) is 11.6. The zero-order valence-corrected chi connectivity index (χ0v) is 14.0. The Bertz CT molecular complexity index is 695. The second-order valence-corrected chi connectivity index (χ2v) is 6.46. The lowest BCUT2D eigenvalue weighted by atomic mass is 10.1. The molecule has 0 spiro atoms. The van der Waals surface area contributed by atoms with E-state index < -0.39 is 0 Å². The van der Waals surface area contributed by atoms with E-state index in [2.05, 4.69) is 39.7 Å². The van der Waals surface area contributed by atoms with Gasteiger partial charge in [-0.05, 0) is 59.0 Å². The number of benzene rings is 1. The Labute approximate surface area is 131 Å². The number of aromatic nitrogens is 2. The Kier molecular flexibility index (Phi) is 4.66. The number of aryl methyl sites for hydroxylation is 1. The lowest BCUT2D eigenvalue weighted by Crippen LogP contribution is -2.15. The van der Waals surface area contributed by atoms with E-state index in [9.17, 15) is 4.79 Å². The summed E-state index contributed by atoms with van der Waals surface area (Å²) >= 11 is 9.28. The first kappa shape index (κ1) is 15.3. The van der Waals surface area contributed by atoms with Crippen LogP contribution in [0.3, 0.4) is 0 Å². The van der Waals surface area contributed by atoms with Crippen molar-refractivity contribution in [3.8, 4) is 11.4 Å². The van der Waals surface area contributed by atoms with Gasteiger partial charge < -0.3 is 4.98 Å². The van der Waals surface area contributed by atoms with E-state index in [1.165, 1.54) is 0 Å². The minimum absolute atomic E-state index is 0.153. The molecule has 20 heavy (non-hydrogen) atoms. The van der Waals surface area contributed by atoms with E-state index in [0.717, 1.165) is 23.2 Å². The van der Waals surface area contributed by atoms with Gasteiger partial charge in [-0.1, -0.05) is 25.4 Å². The van der Waals surface area contributed by atoms with Crippen LogP contribution in [-0.2, 0) is 6.42 Å². The standard InChI is InChI=1S/C15H16BrClN2O/c1-8(2)6-12-13(16)15(20)19-14(18-12)11-5-4-10(17)7-9(11)3/h4-5,7-8H,6H2,1-3H3,(H,18,19,20). The summed E-state index contributed by atoms with van der Waals surface area (Å²) in [5, 5.41) is 0.674. The molecule has 0 radical (unpaired) electrons. The summed E-state index contributed by atoms with van der Waals surface area (Å²) in [6, 6.07) is 5.54. The third-order valence-electron chi connectivity index (χ3n) is 2.98. The Morgan fingerprint density at radius 3 is 2.70 bits per heavy atom. The molecule has 0 amide bonds. The average Bonchev–Trinajstić information content (AvgIpc) is 2.34. The van der Waals surface area contributed by atoms with Crippen molar-refractivity contribution in [1.29, 1.82) is 0 Å². The van der Waals surface area contributed by atoms with Gasteiger partial charge in [-0.15, -0.1) is 0 Å². The molecule has 0 unspecified atom stereocenters. The van der Waals surface area contributed by atoms with Crippen LogP contribution in [0.1, 0.15) is 25.1 Å². The largest absolute Gasteiger partial charge is 0.306 e. The highest BCUT2D eigenvalue weighted by Gasteiger charge is 2.13. The molecule has 5 heteroatoms. The van der Waals surface area contributed by atoms with Gasteiger partial charge in [0.1, 0.15) is 10.3 Å². The summed E-state index contributed by atoms with van der Waals surface area (Å²) in [7, 11) is 0. The van der Waals surface area contributed by atoms with Crippen LogP contribution in [0.4, 0.5) is 0 Å². The minimum Gasteiger partial charge on any atom is -0.306 e. The first-order valence-corrected chi connectivity index (χ1v) is 7.60. The number of aromatic amines is 1. The van der Waals surface area contributed by atoms with Gasteiger partial charge >= 0.3 is 0 Å². The molecule has 0 aliphatic heterocycles. The van der Waals surface area contributed by atoms with Crippen LogP contribution in [-0.4, -0.2) is 9.97 Å². The van der Waals surface area contributed by atoms with Crippen LogP contribution in [0.2, 0.25) is 5.02 Å². The van der Waals surface area contributed by atoms with Gasteiger partial charge in [0.15, 0.2) is 0 Å². The molecule has 1 aromatic heterocycles. The molecule has 1 heterocycles. The molecule has 0 atom stereocenters. The molecule has 2 rings (SSSR count). The molecule has 0 aliphatic rings. The molecular formula is C15H16BrClN2O. The number of rotatable bonds is 3. The van der Waals surface area contributed by atoms with E-state index in [0.29, 0.717) is 21.2 Å². The number of nitrogens with one attached hydrogen (secondary N) is 1. The first-order valence-electron chi connectivity index (χ1n) is 6.43. The summed E-state index contributed by atoms with van der Waals surface area (Å²) in [4.78, 5) is 19.4. The first-order chi connectivity index (χ1) is 9.38. The molecule has 1 N–H and O–H groups in total. The van der Waals surface area contributed by atoms with Gasteiger partial charge in [0, 0.05) is 10.6 Å². The maximum atomic E-state index is 12.0. The van der Waals surface area contributed by atoms with E-state index in [1.807, 2.05) is 19.1 Å². The molecule has 2 aromatic rings. The molecule has 0 fully saturated rings. The molecule has 0 saturated heterocycles. The van der Waals surface area contributed by atoms with Crippen LogP contribution >= 0.6 is 27.5 Å². The van der Waals surface area contributed by atoms with E-state index in [4.69, 9.17) is 11.6 Å². The fraction of sp³-hybridized carbons (Fsp3) is 0.333. The molecule has 0 aliphatic carbocycles. The highest BCUT2D eigenvalue weighted by molar-refractivity contribution is 9.10. The summed E-state index contributed by atoms with van der Waals surface area (Å²) < 4.78 is 0.515. The number of hydrogen-bond acceptors (Lipinski definition) is 2. The number of hydrogen-bond donors (Lipinski definition) is 1. The molecule has 0 saturated carbocycles. The Morgan fingerprint density at radius 2 is 2.10 bits per heavy atom. The summed E-state index contributed by atoms with van der Waals surface area (Å²) in [6.45, 7) is 6.15. The van der Waals surface area contributed by atoms with Crippen LogP contribution < -0.4 is 5.56 Å². The van der Waals surface area contributed by atoms with E-state index in [1.54, 1.807) is 6.07 Å². The molecule has 106 valence electrons. The average molecular weight is 356 g/mol. The van der Waals surface area contributed by atoms with E-state index in [-0.39, 0.29) is 5.56 Å². The monoisotopic (exact) mass is 354 g/mol. The fourth-order valence-corrected chi connectivity index (χ4v) is 2.62. The van der Waals surface area contributed by atoms with Gasteiger partial charge in [-0.2, -0.15) is 0 Å². The second-order valence-electron chi connectivity index (χ2n) is 5.23. The normalized spacial score (nSPS) is 11.1. The van der Waals surface area contributed by atoms with Gasteiger partial charge in [0.05, 0.1) is 5.69 Å². The topological polar surface area (TPSA) is 45.8 Å². The summed E-state index contributed by atoms with van der Waals surface area (Å²) in [6.07, 6.45) is 0.754. The Balaban J connectivity index is 2.57. The Hall–Kier alpha value is -1.13. The maximum absolute atomic E-state index is 12.0. The lowest BCUT2D eigenvalue weighted by Gasteiger charge is -2.10. The number of nitrogens with zero attached hydrogens (tertiary/aromatic N) is 1. The summed E-state index contributed by atoms with van der Waals surface area (Å²) in [5.41, 5.74) is 2.51. The van der Waals surface area contributed by atoms with Crippen molar-refractivity contribution in [2.45, 2.75) is 27.2 Å². The van der Waals surface area contributed by atoms with Crippen molar-refractivity contribution < 1.29 is 0 Å². The minimum atomic E-state index is -0.153. The molecule has 1 aromatic carbocycles. The van der Waals surface area contributed by atoms with Crippen molar-refractivity contribution in [2.75, 3.05) is 0 Å². The quantitative estimate of drug-likeness (QED) is 0.889. The van der Waals surface area contributed by atoms with Crippen molar-refractivity contribution in [1.82, 2.24) is 9.97 Å². The SMILES string of the molecule is Cc1cc(Cl)ccc1-c1nc(CC(C)C)c(Br)c(=O)[nH]1.